The molecule has 1 saturated heterocycles. The number of carbonyl (C=O) groups is 3. The minimum atomic E-state index is -0.927. The number of benzene rings is 2. The number of rotatable bonds is 7. The largest absolute Gasteiger partial charge is 0.496 e. The highest BCUT2D eigenvalue weighted by atomic mass is 16.5. The maximum atomic E-state index is 13.2. The Bertz CT molecular complexity index is 1080. The number of hydrogen-bond donors (Lipinski definition) is 0. The number of nitrogens with zero attached hydrogens (tertiary/aromatic N) is 4. The maximum Gasteiger partial charge on any atom is 0.337 e. The molecule has 0 saturated carbocycles. The molecule has 0 spiro atoms. The van der Waals surface area contributed by atoms with Crippen LogP contribution in [0.4, 0.5) is 5.69 Å². The van der Waals surface area contributed by atoms with Crippen molar-refractivity contribution in [3.05, 3.63) is 53.6 Å². The predicted octanol–water partition coefficient (Wildman–Crippen LogP) is 2.37. The first-order valence-electron chi connectivity index (χ1n) is 10.0. The number of anilines is 1. The van der Waals surface area contributed by atoms with Crippen LogP contribution in [0.1, 0.15) is 22.8 Å². The van der Waals surface area contributed by atoms with Gasteiger partial charge in [0.15, 0.2) is 12.1 Å². The first-order valence-corrected chi connectivity index (χ1v) is 10.0. The molecule has 10 nitrogen and oxygen atoms in total. The lowest BCUT2D eigenvalue weighted by Crippen LogP contribution is -2.39. The first-order chi connectivity index (χ1) is 15.5. The molecule has 2 aromatic carbocycles. The van der Waals surface area contributed by atoms with E-state index in [-0.39, 0.29) is 6.54 Å². The van der Waals surface area contributed by atoms with Crippen molar-refractivity contribution in [3.8, 4) is 11.5 Å². The van der Waals surface area contributed by atoms with E-state index in [9.17, 15) is 14.4 Å². The van der Waals surface area contributed by atoms with E-state index in [2.05, 4.69) is 10.3 Å². The Hall–Kier alpha value is -3.95. The molecule has 2 aliphatic rings. The third-order valence-corrected chi connectivity index (χ3v) is 5.30. The number of amides is 2. The fourth-order valence-electron chi connectivity index (χ4n) is 3.79. The molecule has 0 aliphatic carbocycles. The van der Waals surface area contributed by atoms with Crippen LogP contribution in [0.15, 0.2) is 52.8 Å². The summed E-state index contributed by atoms with van der Waals surface area (Å²) in [5.74, 6) is -0.197. The summed E-state index contributed by atoms with van der Waals surface area (Å²) in [7, 11) is 2.80. The van der Waals surface area contributed by atoms with Crippen LogP contribution >= 0.6 is 0 Å². The van der Waals surface area contributed by atoms with Crippen LogP contribution in [-0.2, 0) is 20.9 Å². The third kappa shape index (κ3) is 3.64. The van der Waals surface area contributed by atoms with E-state index in [0.29, 0.717) is 34.9 Å². The summed E-state index contributed by atoms with van der Waals surface area (Å²) in [5, 5.41) is 9.53. The van der Waals surface area contributed by atoms with E-state index in [4.69, 9.17) is 14.2 Å². The molecule has 1 fully saturated rings. The predicted molar refractivity (Wildman–Crippen MR) is 112 cm³/mol. The van der Waals surface area contributed by atoms with Crippen LogP contribution < -0.4 is 14.4 Å². The van der Waals surface area contributed by atoms with Gasteiger partial charge < -0.3 is 14.2 Å². The molecule has 0 unspecified atom stereocenters. The Morgan fingerprint density at radius 3 is 2.47 bits per heavy atom. The highest BCUT2D eigenvalue weighted by Gasteiger charge is 2.54. The summed E-state index contributed by atoms with van der Waals surface area (Å²) in [6, 6.07) is 9.76. The maximum absolute atomic E-state index is 13.2. The molecule has 2 atom stereocenters. The van der Waals surface area contributed by atoms with Crippen LogP contribution in [0.5, 0.6) is 11.5 Å². The van der Waals surface area contributed by atoms with Gasteiger partial charge in [0.25, 0.3) is 11.8 Å². The lowest BCUT2D eigenvalue weighted by molar-refractivity contribution is -0.123. The summed E-state index contributed by atoms with van der Waals surface area (Å²) in [4.78, 5) is 39.1. The zero-order chi connectivity index (χ0) is 22.8. The van der Waals surface area contributed by atoms with Crippen molar-refractivity contribution in [2.45, 2.75) is 25.6 Å². The van der Waals surface area contributed by atoms with Crippen LogP contribution in [0.25, 0.3) is 0 Å². The van der Waals surface area contributed by atoms with Crippen LogP contribution in [0, 0.1) is 0 Å². The van der Waals surface area contributed by atoms with Crippen LogP contribution in [0.3, 0.4) is 0 Å². The van der Waals surface area contributed by atoms with Gasteiger partial charge in [-0.3, -0.25) is 14.6 Å². The Kier molecular flexibility index (Phi) is 5.76. The van der Waals surface area contributed by atoms with E-state index in [1.807, 2.05) is 6.92 Å². The average Bonchev–Trinajstić information content (AvgIpc) is 3.33. The number of hydrogen-bond acceptors (Lipinski definition) is 9. The number of methoxy groups -OCH3 is 2. The van der Waals surface area contributed by atoms with Crippen molar-refractivity contribution < 1.29 is 28.6 Å². The highest BCUT2D eigenvalue weighted by molar-refractivity contribution is 6.25. The molecule has 2 heterocycles. The number of esters is 1. The summed E-state index contributed by atoms with van der Waals surface area (Å²) in [6.07, 6.45) is 0. The minimum Gasteiger partial charge on any atom is -0.496 e. The summed E-state index contributed by atoms with van der Waals surface area (Å²) in [5.41, 5.74) is 1.38. The van der Waals surface area contributed by atoms with Crippen molar-refractivity contribution in [1.29, 1.82) is 0 Å². The first kappa shape index (κ1) is 21.3. The van der Waals surface area contributed by atoms with Gasteiger partial charge in [0.1, 0.15) is 11.5 Å². The Morgan fingerprint density at radius 2 is 1.81 bits per heavy atom. The van der Waals surface area contributed by atoms with E-state index < -0.39 is 29.9 Å². The van der Waals surface area contributed by atoms with Gasteiger partial charge in [-0.15, -0.1) is 0 Å². The van der Waals surface area contributed by atoms with Gasteiger partial charge in [-0.1, -0.05) is 5.22 Å². The highest BCUT2D eigenvalue weighted by Crippen LogP contribution is 2.34. The molecule has 10 heteroatoms. The molecule has 166 valence electrons. The zero-order valence-electron chi connectivity index (χ0n) is 17.8. The monoisotopic (exact) mass is 438 g/mol. The van der Waals surface area contributed by atoms with Crippen LogP contribution in [0.2, 0.25) is 0 Å². The zero-order valence-corrected chi connectivity index (χ0v) is 17.8. The van der Waals surface area contributed by atoms with Crippen LogP contribution in [-0.4, -0.2) is 55.7 Å². The molecule has 4 rings (SSSR count). The van der Waals surface area contributed by atoms with Gasteiger partial charge in [0, 0.05) is 5.56 Å². The molecule has 0 radical (unpaired) electrons. The lowest BCUT2D eigenvalue weighted by atomic mass is 10.1. The fraction of sp³-hybridized carbons (Fsp3) is 0.318. The average molecular weight is 438 g/mol. The van der Waals surface area contributed by atoms with Gasteiger partial charge in [-0.2, -0.15) is 5.11 Å². The molecule has 0 N–H and O–H groups in total. The van der Waals surface area contributed by atoms with Gasteiger partial charge >= 0.3 is 5.97 Å². The smallest absolute Gasteiger partial charge is 0.337 e. The van der Waals surface area contributed by atoms with Crippen molar-refractivity contribution in [1.82, 2.24) is 5.01 Å². The van der Waals surface area contributed by atoms with Gasteiger partial charge in [0.05, 0.1) is 38.6 Å². The summed E-state index contributed by atoms with van der Waals surface area (Å²) in [6.45, 7) is 2.51. The van der Waals surface area contributed by atoms with E-state index in [1.165, 1.54) is 19.2 Å². The Balaban J connectivity index is 1.58. The SMILES string of the molecule is CCOc1ccc(N2C(=O)[C@H]3N=NN(Cc4cc(C(=O)OC)ccc4OC)[C@H]3C2=O)cc1. The molecule has 2 amide bonds. The molecular formula is C22H22N4O6. The number of carbonyl (C=O) groups excluding carboxylic acids is 3. The quantitative estimate of drug-likeness (QED) is 0.482. The molecule has 0 aromatic heterocycles. The van der Waals surface area contributed by atoms with E-state index in [0.717, 1.165) is 4.90 Å². The van der Waals surface area contributed by atoms with Gasteiger partial charge in [0.2, 0.25) is 0 Å². The second-order valence-corrected chi connectivity index (χ2v) is 7.15. The molecule has 32 heavy (non-hydrogen) atoms. The number of imide groups is 1. The van der Waals surface area contributed by atoms with Gasteiger partial charge in [-0.05, 0) is 49.4 Å². The molecule has 2 aliphatic heterocycles. The fourth-order valence-corrected chi connectivity index (χ4v) is 3.79. The van der Waals surface area contributed by atoms with Crippen molar-refractivity contribution in [2.24, 2.45) is 10.3 Å². The Morgan fingerprint density at radius 1 is 1.06 bits per heavy atom. The number of fused-ring (bicyclic) bond motifs is 1. The second kappa shape index (κ2) is 8.66. The van der Waals surface area contributed by atoms with E-state index in [1.54, 1.807) is 42.5 Å². The van der Waals surface area contributed by atoms with Crippen molar-refractivity contribution >= 4 is 23.5 Å². The number of ether oxygens (including phenoxy) is 3. The molecule has 0 bridgehead atoms. The second-order valence-electron chi connectivity index (χ2n) is 7.15. The van der Waals surface area contributed by atoms with Gasteiger partial charge in [-0.25, -0.2) is 9.69 Å². The summed E-state index contributed by atoms with van der Waals surface area (Å²) < 4.78 is 15.6. The normalized spacial score (nSPS) is 19.3. The van der Waals surface area contributed by atoms with E-state index >= 15 is 0 Å². The minimum absolute atomic E-state index is 0.120. The lowest BCUT2D eigenvalue weighted by Gasteiger charge is -2.22. The third-order valence-electron chi connectivity index (χ3n) is 5.30. The summed E-state index contributed by atoms with van der Waals surface area (Å²) >= 11 is 0. The topological polar surface area (TPSA) is 110 Å². The Labute approximate surface area is 184 Å². The van der Waals surface area contributed by atoms with Crippen molar-refractivity contribution in [2.75, 3.05) is 25.7 Å². The standard InChI is InChI=1S/C22H22N4O6/c1-4-32-16-8-6-15(7-9-16)26-20(27)18-19(21(26)28)25(24-23-18)12-14-11-13(22(29)31-3)5-10-17(14)30-2/h5-11,18-19H,4,12H2,1-3H3/t18-,19+/m0/s1. The molecule has 2 aromatic rings. The van der Waals surface area contributed by atoms with Crippen molar-refractivity contribution in [3.63, 3.8) is 0 Å². The molecular weight excluding hydrogens is 416 g/mol.